The lowest BCUT2D eigenvalue weighted by molar-refractivity contribution is 0.373. The van der Waals surface area contributed by atoms with Crippen molar-refractivity contribution < 1.29 is 14.6 Å². The first-order valence-electron chi connectivity index (χ1n) is 7.73. The molecule has 2 aromatic carbocycles. The molecular formula is C20H16N2O3S. The molecule has 0 aliphatic heterocycles. The summed E-state index contributed by atoms with van der Waals surface area (Å²) in [7, 11) is 3.11. The van der Waals surface area contributed by atoms with Crippen LogP contribution in [0.4, 0.5) is 0 Å². The molecule has 0 unspecified atom stereocenters. The number of hydrogen-bond acceptors (Lipinski definition) is 6. The lowest BCUT2D eigenvalue weighted by atomic mass is 10.1. The van der Waals surface area contributed by atoms with E-state index >= 15 is 0 Å². The molecule has 3 rings (SSSR count). The zero-order valence-electron chi connectivity index (χ0n) is 14.3. The van der Waals surface area contributed by atoms with Crippen LogP contribution in [0.2, 0.25) is 0 Å². The third-order valence-corrected chi connectivity index (χ3v) is 4.63. The van der Waals surface area contributed by atoms with Gasteiger partial charge in [-0.2, -0.15) is 5.26 Å². The molecule has 1 aromatic heterocycles. The van der Waals surface area contributed by atoms with Gasteiger partial charge in [0.25, 0.3) is 0 Å². The minimum atomic E-state index is 0.0246. The highest BCUT2D eigenvalue weighted by atomic mass is 32.1. The van der Waals surface area contributed by atoms with Crippen LogP contribution in [0.5, 0.6) is 17.2 Å². The second kappa shape index (κ2) is 7.72. The summed E-state index contributed by atoms with van der Waals surface area (Å²) in [5, 5.41) is 21.9. The molecular weight excluding hydrogens is 348 g/mol. The van der Waals surface area contributed by atoms with E-state index in [1.54, 1.807) is 31.4 Å². The Morgan fingerprint density at radius 3 is 2.54 bits per heavy atom. The largest absolute Gasteiger partial charge is 0.504 e. The smallest absolute Gasteiger partial charge is 0.160 e. The number of allylic oxidation sites excluding steroid dienone is 1. The van der Waals surface area contributed by atoms with Gasteiger partial charge < -0.3 is 14.6 Å². The van der Waals surface area contributed by atoms with Crippen LogP contribution in [0, 0.1) is 11.3 Å². The molecule has 0 aliphatic rings. The summed E-state index contributed by atoms with van der Waals surface area (Å²) in [5.41, 5.74) is 2.87. The first-order valence-corrected chi connectivity index (χ1v) is 8.61. The van der Waals surface area contributed by atoms with E-state index in [0.29, 0.717) is 21.9 Å². The number of phenols is 1. The number of phenolic OH excluding ortho intramolecular Hbond substituents is 1. The van der Waals surface area contributed by atoms with Crippen LogP contribution in [-0.2, 0) is 0 Å². The first-order chi connectivity index (χ1) is 12.6. The van der Waals surface area contributed by atoms with Crippen molar-refractivity contribution in [3.05, 3.63) is 58.4 Å². The summed E-state index contributed by atoms with van der Waals surface area (Å²) < 4.78 is 10.2. The van der Waals surface area contributed by atoms with E-state index in [9.17, 15) is 10.4 Å². The summed E-state index contributed by atoms with van der Waals surface area (Å²) in [6.07, 6.45) is 1.69. The van der Waals surface area contributed by atoms with E-state index in [4.69, 9.17) is 9.47 Å². The van der Waals surface area contributed by atoms with Gasteiger partial charge in [0.1, 0.15) is 16.8 Å². The number of methoxy groups -OCH3 is 2. The van der Waals surface area contributed by atoms with Gasteiger partial charge >= 0.3 is 0 Å². The number of nitriles is 1. The van der Waals surface area contributed by atoms with Gasteiger partial charge in [-0.25, -0.2) is 4.98 Å². The molecule has 0 fully saturated rings. The Labute approximate surface area is 155 Å². The third-order valence-electron chi connectivity index (χ3n) is 3.75. The molecule has 0 bridgehead atoms. The predicted molar refractivity (Wildman–Crippen MR) is 102 cm³/mol. The Hall–Kier alpha value is -3.30. The fourth-order valence-electron chi connectivity index (χ4n) is 2.40. The zero-order valence-corrected chi connectivity index (χ0v) is 15.1. The standard InChI is InChI=1S/C20H16N2O3S/c1-24-16-6-4-14(5-7-16)17-12-26-20(22-17)15(11-21)9-13-3-8-19(25-2)18(23)10-13/h3-10,12,23H,1-2H3/b15-9+. The van der Waals surface area contributed by atoms with Gasteiger partial charge in [-0.15, -0.1) is 11.3 Å². The zero-order chi connectivity index (χ0) is 18.5. The van der Waals surface area contributed by atoms with E-state index < -0.39 is 0 Å². The monoisotopic (exact) mass is 364 g/mol. The van der Waals surface area contributed by atoms with Crippen LogP contribution in [-0.4, -0.2) is 24.3 Å². The van der Waals surface area contributed by atoms with Crippen LogP contribution >= 0.6 is 11.3 Å². The summed E-state index contributed by atoms with van der Waals surface area (Å²) in [5.74, 6) is 1.19. The first kappa shape index (κ1) is 17.5. The molecule has 0 saturated carbocycles. The lowest BCUT2D eigenvalue weighted by Gasteiger charge is -2.03. The van der Waals surface area contributed by atoms with Crippen molar-refractivity contribution in [3.8, 4) is 34.6 Å². The topological polar surface area (TPSA) is 75.4 Å². The average molecular weight is 364 g/mol. The highest BCUT2D eigenvalue weighted by Gasteiger charge is 2.10. The normalized spacial score (nSPS) is 11.0. The van der Waals surface area contributed by atoms with E-state index in [2.05, 4.69) is 11.1 Å². The quantitative estimate of drug-likeness (QED) is 0.670. The summed E-state index contributed by atoms with van der Waals surface area (Å²) in [6, 6.07) is 14.7. The number of aromatic hydroxyl groups is 1. The van der Waals surface area contributed by atoms with E-state index in [0.717, 1.165) is 17.0 Å². The lowest BCUT2D eigenvalue weighted by Crippen LogP contribution is -1.86. The van der Waals surface area contributed by atoms with Crippen LogP contribution in [0.25, 0.3) is 22.9 Å². The molecule has 0 radical (unpaired) electrons. The van der Waals surface area contributed by atoms with Crippen molar-refractivity contribution in [2.75, 3.05) is 14.2 Å². The predicted octanol–water partition coefficient (Wildman–Crippen LogP) is 4.60. The van der Waals surface area contributed by atoms with Gasteiger partial charge in [-0.3, -0.25) is 0 Å². The second-order valence-corrected chi connectivity index (χ2v) is 6.23. The molecule has 0 spiro atoms. The fourth-order valence-corrected chi connectivity index (χ4v) is 3.19. The van der Waals surface area contributed by atoms with Gasteiger partial charge in [-0.05, 0) is 48.0 Å². The van der Waals surface area contributed by atoms with Gasteiger partial charge in [0.2, 0.25) is 0 Å². The van der Waals surface area contributed by atoms with Gasteiger partial charge in [0.15, 0.2) is 11.5 Å². The molecule has 1 heterocycles. The molecule has 5 nitrogen and oxygen atoms in total. The highest BCUT2D eigenvalue weighted by Crippen LogP contribution is 2.30. The number of benzene rings is 2. The maximum atomic E-state index is 9.88. The van der Waals surface area contributed by atoms with Crippen molar-refractivity contribution in [1.82, 2.24) is 4.98 Å². The van der Waals surface area contributed by atoms with Crippen molar-refractivity contribution in [2.24, 2.45) is 0 Å². The third kappa shape index (κ3) is 3.68. The van der Waals surface area contributed by atoms with E-state index in [1.165, 1.54) is 18.4 Å². The fraction of sp³-hybridized carbons (Fsp3) is 0.100. The van der Waals surface area contributed by atoms with Gasteiger partial charge in [0, 0.05) is 10.9 Å². The maximum absolute atomic E-state index is 9.88. The van der Waals surface area contributed by atoms with Crippen LogP contribution in [0.1, 0.15) is 10.6 Å². The number of hydrogen-bond donors (Lipinski definition) is 1. The van der Waals surface area contributed by atoms with Crippen LogP contribution < -0.4 is 9.47 Å². The maximum Gasteiger partial charge on any atom is 0.160 e. The highest BCUT2D eigenvalue weighted by molar-refractivity contribution is 7.11. The van der Waals surface area contributed by atoms with Crippen molar-refractivity contribution in [1.29, 1.82) is 5.26 Å². The summed E-state index contributed by atoms with van der Waals surface area (Å²) in [4.78, 5) is 4.56. The molecule has 0 amide bonds. The van der Waals surface area contributed by atoms with E-state index in [-0.39, 0.29) is 5.75 Å². The van der Waals surface area contributed by atoms with Gasteiger partial charge in [-0.1, -0.05) is 6.07 Å². The minimum Gasteiger partial charge on any atom is -0.504 e. The summed E-state index contributed by atoms with van der Waals surface area (Å²) in [6.45, 7) is 0. The molecule has 26 heavy (non-hydrogen) atoms. The van der Waals surface area contributed by atoms with Crippen molar-refractivity contribution >= 4 is 23.0 Å². The number of ether oxygens (including phenoxy) is 2. The Morgan fingerprint density at radius 2 is 1.92 bits per heavy atom. The molecule has 6 heteroatoms. The average Bonchev–Trinajstić information content (AvgIpc) is 3.16. The second-order valence-electron chi connectivity index (χ2n) is 5.37. The molecule has 0 atom stereocenters. The van der Waals surface area contributed by atoms with Crippen LogP contribution in [0.15, 0.2) is 47.8 Å². The van der Waals surface area contributed by atoms with Gasteiger partial charge in [0.05, 0.1) is 25.5 Å². The van der Waals surface area contributed by atoms with Crippen LogP contribution in [0.3, 0.4) is 0 Å². The van der Waals surface area contributed by atoms with Crippen molar-refractivity contribution in [3.63, 3.8) is 0 Å². The molecule has 0 saturated heterocycles. The molecule has 3 aromatic rings. The number of rotatable bonds is 5. The van der Waals surface area contributed by atoms with Crippen molar-refractivity contribution in [2.45, 2.75) is 0 Å². The molecule has 130 valence electrons. The number of nitrogens with zero attached hydrogens (tertiary/aromatic N) is 2. The molecule has 0 aliphatic carbocycles. The Balaban J connectivity index is 1.90. The SMILES string of the molecule is COc1ccc(-c2csc(/C(C#N)=C/c3ccc(OC)c(O)c3)n2)cc1. The Kier molecular flexibility index (Phi) is 5.20. The Bertz CT molecular complexity index is 985. The number of aromatic nitrogens is 1. The minimum absolute atomic E-state index is 0.0246. The molecule has 1 N–H and O–H groups in total. The van der Waals surface area contributed by atoms with E-state index in [1.807, 2.05) is 29.6 Å². The number of thiazole rings is 1. The summed E-state index contributed by atoms with van der Waals surface area (Å²) >= 11 is 1.40. The Morgan fingerprint density at radius 1 is 1.15 bits per heavy atom.